The molecule has 0 fully saturated rings. The van der Waals surface area contributed by atoms with Crippen molar-refractivity contribution >= 4 is 17.3 Å². The number of benzene rings is 1. The summed E-state index contributed by atoms with van der Waals surface area (Å²) in [5, 5.41) is 0. The second-order valence-corrected chi connectivity index (χ2v) is 6.61. The molecule has 0 bridgehead atoms. The van der Waals surface area contributed by atoms with Gasteiger partial charge in [-0.25, -0.2) is 0 Å². The summed E-state index contributed by atoms with van der Waals surface area (Å²) in [5.41, 5.74) is 2.19. The normalized spacial score (nSPS) is 14.5. The van der Waals surface area contributed by atoms with Crippen LogP contribution in [-0.2, 0) is 0 Å². The number of alkyl halides is 3. The number of hydrogen-bond donors (Lipinski definition) is 0. The van der Waals surface area contributed by atoms with E-state index in [1.54, 1.807) is 36.5 Å². The fourth-order valence-electron chi connectivity index (χ4n) is 3.02. The largest absolute Gasteiger partial charge is 0.405 e. The Morgan fingerprint density at radius 1 is 1.12 bits per heavy atom. The van der Waals surface area contributed by atoms with Gasteiger partial charge in [-0.2, -0.15) is 13.2 Å². The highest BCUT2D eigenvalue weighted by Crippen LogP contribution is 2.35. The summed E-state index contributed by atoms with van der Waals surface area (Å²) < 4.78 is 38.5. The van der Waals surface area contributed by atoms with Crippen molar-refractivity contribution in [3.63, 3.8) is 0 Å². The second kappa shape index (κ2) is 6.97. The van der Waals surface area contributed by atoms with Crippen LogP contribution in [0.1, 0.15) is 35.8 Å². The molecule has 1 aliphatic heterocycles. The standard InChI is InChI=1S/C19H20F3N3O/c1-13(2)14-7-8-15(23-11-14)18(26)25-10-9-24(12-19(20,21)22)16-5-3-4-6-17(16)25/h3-8,11,13H,9-10,12H2,1-2H3. The summed E-state index contributed by atoms with van der Waals surface area (Å²) in [6, 6.07) is 10.2. The van der Waals surface area contributed by atoms with Crippen molar-refractivity contribution in [2.24, 2.45) is 0 Å². The predicted molar refractivity (Wildman–Crippen MR) is 94.7 cm³/mol. The highest BCUT2D eigenvalue weighted by atomic mass is 19.4. The van der Waals surface area contributed by atoms with Crippen molar-refractivity contribution in [1.82, 2.24) is 4.98 Å². The Bertz CT molecular complexity index is 787. The van der Waals surface area contributed by atoms with E-state index in [-0.39, 0.29) is 24.7 Å². The summed E-state index contributed by atoms with van der Waals surface area (Å²) in [6.07, 6.45) is -2.63. The molecule has 2 aromatic rings. The number of amides is 1. The number of aromatic nitrogens is 1. The second-order valence-electron chi connectivity index (χ2n) is 6.61. The van der Waals surface area contributed by atoms with E-state index in [0.29, 0.717) is 17.3 Å². The van der Waals surface area contributed by atoms with Crippen LogP contribution in [-0.4, -0.2) is 36.7 Å². The fourth-order valence-corrected chi connectivity index (χ4v) is 3.02. The summed E-state index contributed by atoms with van der Waals surface area (Å²) in [7, 11) is 0. The van der Waals surface area contributed by atoms with Crippen LogP contribution in [0, 0.1) is 0 Å². The molecule has 0 atom stereocenters. The number of para-hydroxylation sites is 2. The first-order valence-electron chi connectivity index (χ1n) is 8.45. The van der Waals surface area contributed by atoms with Gasteiger partial charge in [0.05, 0.1) is 11.4 Å². The van der Waals surface area contributed by atoms with Crippen molar-refractivity contribution in [2.45, 2.75) is 25.9 Å². The van der Waals surface area contributed by atoms with Crippen LogP contribution in [0.5, 0.6) is 0 Å². The number of carbonyl (C=O) groups is 1. The molecule has 0 unspecified atom stereocenters. The van der Waals surface area contributed by atoms with Gasteiger partial charge in [0.2, 0.25) is 0 Å². The van der Waals surface area contributed by atoms with Gasteiger partial charge in [0.15, 0.2) is 0 Å². The highest BCUT2D eigenvalue weighted by molar-refractivity contribution is 6.07. The number of nitrogens with zero attached hydrogens (tertiary/aromatic N) is 3. The van der Waals surface area contributed by atoms with E-state index in [4.69, 9.17) is 0 Å². The van der Waals surface area contributed by atoms with Crippen molar-refractivity contribution in [2.75, 3.05) is 29.4 Å². The minimum Gasteiger partial charge on any atom is -0.359 e. The Balaban J connectivity index is 1.88. The van der Waals surface area contributed by atoms with Crippen molar-refractivity contribution < 1.29 is 18.0 Å². The maximum atomic E-state index is 12.9. The first kappa shape index (κ1) is 18.2. The maximum Gasteiger partial charge on any atom is 0.405 e. The Labute approximate surface area is 150 Å². The van der Waals surface area contributed by atoms with Crippen molar-refractivity contribution in [3.8, 4) is 0 Å². The molecule has 0 radical (unpaired) electrons. The molecule has 3 rings (SSSR count). The van der Waals surface area contributed by atoms with Crippen LogP contribution in [0.25, 0.3) is 0 Å². The topological polar surface area (TPSA) is 36.4 Å². The van der Waals surface area contributed by atoms with E-state index in [1.807, 2.05) is 19.9 Å². The molecule has 26 heavy (non-hydrogen) atoms. The number of fused-ring (bicyclic) bond motifs is 1. The summed E-state index contributed by atoms with van der Waals surface area (Å²) in [6.45, 7) is 3.34. The molecule has 1 amide bonds. The van der Waals surface area contributed by atoms with E-state index in [1.165, 1.54) is 9.80 Å². The average molecular weight is 363 g/mol. The third-order valence-corrected chi connectivity index (χ3v) is 4.39. The molecule has 7 heteroatoms. The van der Waals surface area contributed by atoms with Gasteiger partial charge in [0, 0.05) is 19.3 Å². The minimum atomic E-state index is -4.30. The number of hydrogen-bond acceptors (Lipinski definition) is 3. The molecule has 138 valence electrons. The molecular weight excluding hydrogens is 343 g/mol. The van der Waals surface area contributed by atoms with Gasteiger partial charge in [-0.05, 0) is 29.7 Å². The number of pyridine rings is 1. The van der Waals surface area contributed by atoms with Gasteiger partial charge in [-0.1, -0.05) is 32.0 Å². The molecule has 0 saturated carbocycles. The SMILES string of the molecule is CC(C)c1ccc(C(=O)N2CCN(CC(F)(F)F)c3ccccc32)nc1. The van der Waals surface area contributed by atoms with E-state index in [9.17, 15) is 18.0 Å². The van der Waals surface area contributed by atoms with Gasteiger partial charge in [-0.3, -0.25) is 9.78 Å². The Kier molecular flexibility index (Phi) is 4.89. The van der Waals surface area contributed by atoms with E-state index in [0.717, 1.165) is 5.56 Å². The Morgan fingerprint density at radius 2 is 1.81 bits per heavy atom. The number of carbonyl (C=O) groups excluding carboxylic acids is 1. The lowest BCUT2D eigenvalue weighted by Gasteiger charge is -2.37. The van der Waals surface area contributed by atoms with E-state index in [2.05, 4.69) is 4.98 Å². The van der Waals surface area contributed by atoms with Crippen LogP contribution < -0.4 is 9.80 Å². The van der Waals surface area contributed by atoms with Crippen LogP contribution in [0.15, 0.2) is 42.6 Å². The van der Waals surface area contributed by atoms with Crippen LogP contribution in [0.3, 0.4) is 0 Å². The van der Waals surface area contributed by atoms with Gasteiger partial charge in [-0.15, -0.1) is 0 Å². The first-order valence-corrected chi connectivity index (χ1v) is 8.45. The van der Waals surface area contributed by atoms with Crippen LogP contribution in [0.2, 0.25) is 0 Å². The number of halogens is 3. The third kappa shape index (κ3) is 3.81. The molecule has 1 aliphatic rings. The molecule has 1 aromatic heterocycles. The van der Waals surface area contributed by atoms with Crippen LogP contribution in [0.4, 0.5) is 24.5 Å². The minimum absolute atomic E-state index is 0.117. The van der Waals surface area contributed by atoms with Gasteiger partial charge in [0.25, 0.3) is 5.91 Å². The molecule has 0 spiro atoms. The zero-order valence-electron chi connectivity index (χ0n) is 14.6. The Hall–Kier alpha value is -2.57. The summed E-state index contributed by atoms with van der Waals surface area (Å²) in [4.78, 5) is 19.9. The van der Waals surface area contributed by atoms with Gasteiger partial charge < -0.3 is 9.80 Å². The summed E-state index contributed by atoms with van der Waals surface area (Å²) in [5.74, 6) is -0.00212. The van der Waals surface area contributed by atoms with E-state index < -0.39 is 12.7 Å². The lowest BCUT2D eigenvalue weighted by Crippen LogP contribution is -2.47. The smallest absolute Gasteiger partial charge is 0.359 e. The molecule has 1 aromatic carbocycles. The third-order valence-electron chi connectivity index (χ3n) is 4.39. The zero-order chi connectivity index (χ0) is 18.9. The molecule has 0 N–H and O–H groups in total. The molecule has 0 saturated heterocycles. The fraction of sp³-hybridized carbons (Fsp3) is 0.368. The van der Waals surface area contributed by atoms with Crippen molar-refractivity contribution in [3.05, 3.63) is 53.9 Å². The van der Waals surface area contributed by atoms with Crippen LogP contribution >= 0.6 is 0 Å². The monoisotopic (exact) mass is 363 g/mol. The van der Waals surface area contributed by atoms with E-state index >= 15 is 0 Å². The molecular formula is C19H20F3N3O. The lowest BCUT2D eigenvalue weighted by atomic mass is 10.1. The van der Waals surface area contributed by atoms with Gasteiger partial charge >= 0.3 is 6.18 Å². The summed E-state index contributed by atoms with van der Waals surface area (Å²) >= 11 is 0. The lowest BCUT2D eigenvalue weighted by molar-refractivity contribution is -0.119. The maximum absolute atomic E-state index is 12.9. The average Bonchev–Trinajstić information content (AvgIpc) is 2.60. The molecule has 2 heterocycles. The van der Waals surface area contributed by atoms with Crippen molar-refractivity contribution in [1.29, 1.82) is 0 Å². The quantitative estimate of drug-likeness (QED) is 0.819. The molecule has 4 nitrogen and oxygen atoms in total. The predicted octanol–water partition coefficient (Wildman–Crippen LogP) is 4.23. The van der Waals surface area contributed by atoms with Gasteiger partial charge in [0.1, 0.15) is 12.2 Å². The number of anilines is 2. The first-order chi connectivity index (χ1) is 12.3. The number of rotatable bonds is 3. The Morgan fingerprint density at radius 3 is 2.38 bits per heavy atom. The highest BCUT2D eigenvalue weighted by Gasteiger charge is 2.35. The molecule has 0 aliphatic carbocycles. The zero-order valence-corrected chi connectivity index (χ0v) is 14.6.